The van der Waals surface area contributed by atoms with E-state index >= 15 is 4.39 Å². The number of hydrogen-bond acceptors (Lipinski definition) is 5. The molecule has 6 rings (SSSR count). The summed E-state index contributed by atoms with van der Waals surface area (Å²) >= 11 is 0. The molecular formula is C30H28FN3O3. The van der Waals surface area contributed by atoms with Crippen molar-refractivity contribution >= 4 is 5.97 Å². The van der Waals surface area contributed by atoms with E-state index in [-0.39, 0.29) is 23.9 Å². The van der Waals surface area contributed by atoms with Gasteiger partial charge in [0.15, 0.2) is 0 Å². The quantitative estimate of drug-likeness (QED) is 0.323. The molecule has 0 radical (unpaired) electrons. The average molecular weight is 498 g/mol. The molecule has 0 saturated heterocycles. The second-order valence-corrected chi connectivity index (χ2v) is 10.2. The third-order valence-corrected chi connectivity index (χ3v) is 7.69. The van der Waals surface area contributed by atoms with Crippen LogP contribution in [0.5, 0.6) is 0 Å². The first-order valence-corrected chi connectivity index (χ1v) is 12.8. The van der Waals surface area contributed by atoms with E-state index in [1.165, 1.54) is 17.2 Å². The van der Waals surface area contributed by atoms with Crippen LogP contribution in [0.2, 0.25) is 0 Å². The van der Waals surface area contributed by atoms with Gasteiger partial charge in [-0.05, 0) is 85.0 Å². The Bertz CT molecular complexity index is 1460. The molecule has 188 valence electrons. The smallest absolute Gasteiger partial charge is 0.306 e. The Morgan fingerprint density at radius 1 is 1.05 bits per heavy atom. The zero-order valence-corrected chi connectivity index (χ0v) is 20.6. The van der Waals surface area contributed by atoms with Gasteiger partial charge in [-0.15, -0.1) is 0 Å². The van der Waals surface area contributed by atoms with E-state index < -0.39 is 11.8 Å². The predicted octanol–water partition coefficient (Wildman–Crippen LogP) is 6.35. The summed E-state index contributed by atoms with van der Waals surface area (Å²) in [7, 11) is 0. The molecule has 1 heterocycles. The van der Waals surface area contributed by atoms with E-state index in [1.54, 1.807) is 6.07 Å². The maximum Gasteiger partial charge on any atom is 0.306 e. The number of carboxylic acid groups (broad SMARTS) is 1. The summed E-state index contributed by atoms with van der Waals surface area (Å²) in [5.74, 6) is -0.738. The number of hydrogen-bond donors (Lipinski definition) is 2. The molecule has 0 amide bonds. The topological polar surface area (TPSA) is 88.2 Å². The minimum Gasteiger partial charge on any atom is -0.481 e. The van der Waals surface area contributed by atoms with Crippen LogP contribution in [-0.4, -0.2) is 27.3 Å². The van der Waals surface area contributed by atoms with Crippen molar-refractivity contribution in [2.24, 2.45) is 5.92 Å². The molecule has 0 aliphatic heterocycles. The van der Waals surface area contributed by atoms with Crippen LogP contribution < -0.4 is 5.32 Å². The number of carbonyl (C=O) groups is 1. The standard InChI is InChI=1S/C30H28FN3O3/c1-17-12-25(26(31)16-24(17)18-6-3-2-4-7-18)29-33-28(34-37-29)20-10-11-23-19(13-20)8-5-9-27(23)32-22-14-21(15-22)30(35)36/h2-4,6-7,10-13,16,21-22,27,32H,5,8-9,14-15H2,1H3,(H,35,36). The molecule has 4 aromatic rings. The number of nitrogens with one attached hydrogen (secondary N) is 1. The number of halogens is 1. The third kappa shape index (κ3) is 4.55. The lowest BCUT2D eigenvalue weighted by Gasteiger charge is -2.38. The van der Waals surface area contributed by atoms with Gasteiger partial charge in [0.1, 0.15) is 5.82 Å². The van der Waals surface area contributed by atoms with Crippen molar-refractivity contribution in [3.63, 3.8) is 0 Å². The van der Waals surface area contributed by atoms with Gasteiger partial charge in [-0.1, -0.05) is 47.6 Å². The lowest BCUT2D eigenvalue weighted by Crippen LogP contribution is -2.46. The van der Waals surface area contributed by atoms with Gasteiger partial charge in [0.05, 0.1) is 11.5 Å². The highest BCUT2D eigenvalue weighted by atomic mass is 19.1. The summed E-state index contributed by atoms with van der Waals surface area (Å²) in [6, 6.07) is 19.7. The second-order valence-electron chi connectivity index (χ2n) is 10.2. The Hall–Kier alpha value is -3.84. The first-order valence-electron chi connectivity index (χ1n) is 12.8. The number of aryl methyl sites for hydroxylation is 2. The average Bonchev–Trinajstić information content (AvgIpc) is 3.37. The Labute approximate surface area is 214 Å². The van der Waals surface area contributed by atoms with Crippen LogP contribution in [0.4, 0.5) is 4.39 Å². The molecule has 37 heavy (non-hydrogen) atoms. The van der Waals surface area contributed by atoms with Gasteiger partial charge in [-0.25, -0.2) is 4.39 Å². The number of rotatable bonds is 6. The molecule has 6 nitrogen and oxygen atoms in total. The van der Waals surface area contributed by atoms with E-state index in [1.807, 2.05) is 43.3 Å². The Morgan fingerprint density at radius 3 is 2.65 bits per heavy atom. The second kappa shape index (κ2) is 9.56. The number of benzene rings is 3. The van der Waals surface area contributed by atoms with Crippen LogP contribution in [-0.2, 0) is 11.2 Å². The number of fused-ring (bicyclic) bond motifs is 1. The summed E-state index contributed by atoms with van der Waals surface area (Å²) in [6.45, 7) is 1.95. The van der Waals surface area contributed by atoms with Gasteiger partial charge in [-0.2, -0.15) is 4.98 Å². The number of aromatic nitrogens is 2. The van der Waals surface area contributed by atoms with Gasteiger partial charge in [0, 0.05) is 17.6 Å². The lowest BCUT2D eigenvalue weighted by atomic mass is 9.78. The highest BCUT2D eigenvalue weighted by Gasteiger charge is 2.36. The van der Waals surface area contributed by atoms with Crippen molar-refractivity contribution in [2.45, 2.75) is 51.1 Å². The van der Waals surface area contributed by atoms with E-state index in [2.05, 4.69) is 27.6 Å². The van der Waals surface area contributed by atoms with E-state index in [0.29, 0.717) is 24.2 Å². The fourth-order valence-corrected chi connectivity index (χ4v) is 5.59. The first kappa shape index (κ1) is 23.6. The van der Waals surface area contributed by atoms with Gasteiger partial charge >= 0.3 is 5.97 Å². The van der Waals surface area contributed by atoms with Gasteiger partial charge < -0.3 is 14.9 Å². The number of carboxylic acids is 1. The SMILES string of the molecule is Cc1cc(-c2nc(-c3ccc4c(c3)CCCC4NC3CC(C(=O)O)C3)no2)c(F)cc1-c1ccccc1. The summed E-state index contributed by atoms with van der Waals surface area (Å²) in [6.07, 6.45) is 4.42. The van der Waals surface area contributed by atoms with Crippen molar-refractivity contribution < 1.29 is 18.8 Å². The summed E-state index contributed by atoms with van der Waals surface area (Å²) in [4.78, 5) is 15.7. The van der Waals surface area contributed by atoms with E-state index in [9.17, 15) is 4.79 Å². The van der Waals surface area contributed by atoms with Gasteiger partial charge in [-0.3, -0.25) is 4.79 Å². The number of nitrogens with zero attached hydrogens (tertiary/aromatic N) is 2. The fourth-order valence-electron chi connectivity index (χ4n) is 5.59. The van der Waals surface area contributed by atoms with Crippen molar-refractivity contribution in [3.8, 4) is 34.0 Å². The minimum absolute atomic E-state index is 0.158. The molecule has 1 atom stereocenters. The zero-order valence-electron chi connectivity index (χ0n) is 20.6. The molecule has 2 aliphatic rings. The van der Waals surface area contributed by atoms with Crippen LogP contribution >= 0.6 is 0 Å². The van der Waals surface area contributed by atoms with Crippen LogP contribution in [0.3, 0.4) is 0 Å². The van der Waals surface area contributed by atoms with Crippen molar-refractivity contribution in [2.75, 3.05) is 0 Å². The monoisotopic (exact) mass is 497 g/mol. The van der Waals surface area contributed by atoms with Crippen LogP contribution in [0.15, 0.2) is 65.2 Å². The fraction of sp³-hybridized carbons (Fsp3) is 0.300. The van der Waals surface area contributed by atoms with Crippen molar-refractivity contribution in [3.05, 3.63) is 83.2 Å². The minimum atomic E-state index is -0.701. The van der Waals surface area contributed by atoms with Crippen molar-refractivity contribution in [1.29, 1.82) is 0 Å². The summed E-state index contributed by atoms with van der Waals surface area (Å²) in [5.41, 5.74) is 6.32. The normalized spacial score (nSPS) is 20.8. The Kier molecular flexibility index (Phi) is 6.08. The molecule has 1 unspecified atom stereocenters. The molecule has 2 aliphatic carbocycles. The molecule has 2 N–H and O–H groups in total. The molecule has 7 heteroatoms. The van der Waals surface area contributed by atoms with Crippen molar-refractivity contribution in [1.82, 2.24) is 15.5 Å². The van der Waals surface area contributed by atoms with Gasteiger partial charge in [0.2, 0.25) is 5.82 Å². The molecule has 1 aromatic heterocycles. The molecule has 0 bridgehead atoms. The van der Waals surface area contributed by atoms with Crippen LogP contribution in [0, 0.1) is 18.7 Å². The first-order chi connectivity index (χ1) is 18.0. The number of aliphatic carboxylic acids is 1. The zero-order chi connectivity index (χ0) is 25.5. The molecule has 1 fully saturated rings. The third-order valence-electron chi connectivity index (χ3n) is 7.69. The predicted molar refractivity (Wildman–Crippen MR) is 138 cm³/mol. The van der Waals surface area contributed by atoms with E-state index in [0.717, 1.165) is 41.5 Å². The molecule has 1 saturated carbocycles. The maximum absolute atomic E-state index is 15.1. The molecular weight excluding hydrogens is 469 g/mol. The molecule has 3 aromatic carbocycles. The maximum atomic E-state index is 15.1. The van der Waals surface area contributed by atoms with Crippen LogP contribution in [0.1, 0.15) is 48.4 Å². The largest absolute Gasteiger partial charge is 0.481 e. The Balaban J connectivity index is 1.22. The van der Waals surface area contributed by atoms with Crippen LogP contribution in [0.25, 0.3) is 34.0 Å². The van der Waals surface area contributed by atoms with Gasteiger partial charge in [0.25, 0.3) is 5.89 Å². The molecule has 0 spiro atoms. The van der Waals surface area contributed by atoms with E-state index in [4.69, 9.17) is 9.63 Å². The lowest BCUT2D eigenvalue weighted by molar-refractivity contribution is -0.145. The Morgan fingerprint density at radius 2 is 1.86 bits per heavy atom. The highest BCUT2D eigenvalue weighted by Crippen LogP contribution is 2.37. The summed E-state index contributed by atoms with van der Waals surface area (Å²) < 4.78 is 20.6. The summed E-state index contributed by atoms with van der Waals surface area (Å²) in [5, 5.41) is 17.0. The highest BCUT2D eigenvalue weighted by molar-refractivity contribution is 5.72.